The summed E-state index contributed by atoms with van der Waals surface area (Å²) in [6.07, 6.45) is 8.10. The Morgan fingerprint density at radius 1 is 1.28 bits per heavy atom. The number of carbonyl (C=O) groups is 1. The molecule has 1 heteroatoms. The normalized spacial score (nSPS) is 28.3. The second-order valence-corrected chi connectivity index (χ2v) is 5.94. The van der Waals surface area contributed by atoms with Gasteiger partial charge in [0.15, 0.2) is 5.78 Å². The van der Waals surface area contributed by atoms with E-state index < -0.39 is 0 Å². The van der Waals surface area contributed by atoms with Crippen LogP contribution in [0.25, 0.3) is 0 Å². The van der Waals surface area contributed by atoms with Crippen LogP contribution in [0.15, 0.2) is 34.9 Å². The Bertz CT molecular complexity index is 437. The molecule has 0 amide bonds. The number of hydrogen-bond donors (Lipinski definition) is 0. The molecule has 0 heterocycles. The van der Waals surface area contributed by atoms with Crippen molar-refractivity contribution in [3.8, 4) is 0 Å². The molecule has 0 aromatic rings. The fourth-order valence-electron chi connectivity index (χ4n) is 3.47. The third kappa shape index (κ3) is 2.50. The third-order valence-electron chi connectivity index (χ3n) is 4.59. The largest absolute Gasteiger partial charge is 0.295 e. The molecule has 0 saturated heterocycles. The lowest BCUT2D eigenvalue weighted by Gasteiger charge is -2.26. The van der Waals surface area contributed by atoms with Crippen LogP contribution in [0, 0.1) is 11.8 Å². The molecule has 0 saturated carbocycles. The zero-order valence-electron chi connectivity index (χ0n) is 11.9. The van der Waals surface area contributed by atoms with Crippen LogP contribution in [0.4, 0.5) is 0 Å². The standard InChI is InChI=1S/C17H24O/c1-11(2)14-6-8-15(9-7-14)16-10-5-12(3)17(16)13(4)18/h8,14,16H,1,5-7,9-10H2,2-4H3. The Hall–Kier alpha value is -1.11. The number of carbonyl (C=O) groups excluding carboxylic acids is 1. The molecule has 0 bridgehead atoms. The molecule has 2 unspecified atom stereocenters. The quantitative estimate of drug-likeness (QED) is 0.663. The zero-order chi connectivity index (χ0) is 13.3. The first-order valence-electron chi connectivity index (χ1n) is 7.05. The molecule has 0 radical (unpaired) electrons. The summed E-state index contributed by atoms with van der Waals surface area (Å²) >= 11 is 0. The zero-order valence-corrected chi connectivity index (χ0v) is 11.9. The minimum Gasteiger partial charge on any atom is -0.295 e. The Morgan fingerprint density at radius 3 is 2.50 bits per heavy atom. The molecule has 0 spiro atoms. The van der Waals surface area contributed by atoms with Gasteiger partial charge in [-0.25, -0.2) is 0 Å². The summed E-state index contributed by atoms with van der Waals surface area (Å²) < 4.78 is 0. The molecule has 0 aromatic carbocycles. The van der Waals surface area contributed by atoms with Gasteiger partial charge in [-0.15, -0.1) is 0 Å². The number of allylic oxidation sites excluding steroid dienone is 5. The molecule has 2 rings (SSSR count). The lowest BCUT2D eigenvalue weighted by molar-refractivity contribution is -0.114. The van der Waals surface area contributed by atoms with Gasteiger partial charge in [0.25, 0.3) is 0 Å². The van der Waals surface area contributed by atoms with E-state index in [1.807, 2.05) is 0 Å². The summed E-state index contributed by atoms with van der Waals surface area (Å²) in [5.41, 5.74) is 5.23. The number of ketones is 1. The molecule has 0 aliphatic heterocycles. The smallest absolute Gasteiger partial charge is 0.156 e. The summed E-state index contributed by atoms with van der Waals surface area (Å²) in [6.45, 7) is 10.0. The van der Waals surface area contributed by atoms with Crippen LogP contribution in [0.1, 0.15) is 52.9 Å². The Labute approximate surface area is 111 Å². The molecule has 2 aliphatic rings. The Balaban J connectivity index is 2.15. The first-order chi connectivity index (χ1) is 8.50. The lowest BCUT2D eigenvalue weighted by atomic mass is 9.78. The van der Waals surface area contributed by atoms with Crippen LogP contribution in [-0.2, 0) is 4.79 Å². The molecule has 0 aromatic heterocycles. The van der Waals surface area contributed by atoms with Gasteiger partial charge in [-0.05, 0) is 58.8 Å². The van der Waals surface area contributed by atoms with Gasteiger partial charge >= 0.3 is 0 Å². The SMILES string of the molecule is C=C(C)C1CC=C(C2CCC(C)=C2C(C)=O)CC1. The van der Waals surface area contributed by atoms with E-state index in [0.717, 1.165) is 31.3 Å². The maximum Gasteiger partial charge on any atom is 0.156 e. The first kappa shape index (κ1) is 13.3. The van der Waals surface area contributed by atoms with Crippen molar-refractivity contribution < 1.29 is 4.79 Å². The van der Waals surface area contributed by atoms with E-state index in [1.165, 1.54) is 23.1 Å². The molecular formula is C17H24O. The molecule has 98 valence electrons. The molecule has 0 N–H and O–H groups in total. The van der Waals surface area contributed by atoms with Crippen LogP contribution in [-0.4, -0.2) is 5.78 Å². The third-order valence-corrected chi connectivity index (χ3v) is 4.59. The van der Waals surface area contributed by atoms with Crippen molar-refractivity contribution in [2.45, 2.75) is 52.9 Å². The van der Waals surface area contributed by atoms with E-state index in [0.29, 0.717) is 11.8 Å². The van der Waals surface area contributed by atoms with Crippen molar-refractivity contribution in [1.29, 1.82) is 0 Å². The highest BCUT2D eigenvalue weighted by molar-refractivity contribution is 5.95. The molecule has 2 atom stereocenters. The molecular weight excluding hydrogens is 220 g/mol. The highest BCUT2D eigenvalue weighted by atomic mass is 16.1. The highest BCUT2D eigenvalue weighted by Gasteiger charge is 2.30. The number of rotatable bonds is 3. The van der Waals surface area contributed by atoms with Gasteiger partial charge in [-0.2, -0.15) is 0 Å². The van der Waals surface area contributed by atoms with Gasteiger partial charge in [0, 0.05) is 11.5 Å². The predicted octanol–water partition coefficient (Wildman–Crippen LogP) is 4.60. The number of hydrogen-bond acceptors (Lipinski definition) is 1. The van der Waals surface area contributed by atoms with E-state index >= 15 is 0 Å². The van der Waals surface area contributed by atoms with E-state index in [2.05, 4.69) is 26.5 Å². The van der Waals surface area contributed by atoms with Crippen molar-refractivity contribution in [3.63, 3.8) is 0 Å². The molecule has 2 aliphatic carbocycles. The van der Waals surface area contributed by atoms with E-state index in [4.69, 9.17) is 0 Å². The van der Waals surface area contributed by atoms with E-state index in [-0.39, 0.29) is 5.78 Å². The molecule has 18 heavy (non-hydrogen) atoms. The van der Waals surface area contributed by atoms with Crippen LogP contribution >= 0.6 is 0 Å². The van der Waals surface area contributed by atoms with E-state index in [9.17, 15) is 4.79 Å². The van der Waals surface area contributed by atoms with Crippen LogP contribution in [0.2, 0.25) is 0 Å². The molecule has 1 nitrogen and oxygen atoms in total. The average Bonchev–Trinajstić information content (AvgIpc) is 2.71. The topological polar surface area (TPSA) is 17.1 Å². The second kappa shape index (κ2) is 5.26. The van der Waals surface area contributed by atoms with Gasteiger partial charge in [0.05, 0.1) is 0 Å². The van der Waals surface area contributed by atoms with Crippen molar-refractivity contribution in [3.05, 3.63) is 34.9 Å². The van der Waals surface area contributed by atoms with Gasteiger partial charge in [0.1, 0.15) is 0 Å². The Kier molecular flexibility index (Phi) is 3.89. The van der Waals surface area contributed by atoms with Crippen molar-refractivity contribution in [2.24, 2.45) is 11.8 Å². The maximum atomic E-state index is 11.8. The van der Waals surface area contributed by atoms with Crippen LogP contribution < -0.4 is 0 Å². The minimum atomic E-state index is 0.276. The Morgan fingerprint density at radius 2 is 2.00 bits per heavy atom. The minimum absolute atomic E-state index is 0.276. The van der Waals surface area contributed by atoms with Gasteiger partial charge in [-0.1, -0.05) is 29.4 Å². The fourth-order valence-corrected chi connectivity index (χ4v) is 3.47. The highest BCUT2D eigenvalue weighted by Crippen LogP contribution is 2.42. The van der Waals surface area contributed by atoms with Gasteiger partial charge < -0.3 is 0 Å². The van der Waals surface area contributed by atoms with Crippen LogP contribution in [0.5, 0.6) is 0 Å². The lowest BCUT2D eigenvalue weighted by Crippen LogP contribution is -2.15. The summed E-state index contributed by atoms with van der Waals surface area (Å²) in [5, 5.41) is 0. The fraction of sp³-hybridized carbons (Fsp3) is 0.588. The summed E-state index contributed by atoms with van der Waals surface area (Å²) in [4.78, 5) is 11.8. The number of Topliss-reactive ketones (excluding diaryl/α,β-unsaturated/α-hetero) is 1. The van der Waals surface area contributed by atoms with Gasteiger partial charge in [-0.3, -0.25) is 4.79 Å². The first-order valence-corrected chi connectivity index (χ1v) is 7.05. The summed E-state index contributed by atoms with van der Waals surface area (Å²) in [7, 11) is 0. The van der Waals surface area contributed by atoms with Crippen LogP contribution in [0.3, 0.4) is 0 Å². The summed E-state index contributed by atoms with van der Waals surface area (Å²) in [5.74, 6) is 1.35. The second-order valence-electron chi connectivity index (χ2n) is 5.94. The molecule has 0 fully saturated rings. The monoisotopic (exact) mass is 244 g/mol. The van der Waals surface area contributed by atoms with Crippen molar-refractivity contribution in [2.75, 3.05) is 0 Å². The predicted molar refractivity (Wildman–Crippen MR) is 76.3 cm³/mol. The van der Waals surface area contributed by atoms with Crippen molar-refractivity contribution in [1.82, 2.24) is 0 Å². The maximum absolute atomic E-state index is 11.8. The van der Waals surface area contributed by atoms with Crippen molar-refractivity contribution >= 4 is 5.78 Å². The van der Waals surface area contributed by atoms with E-state index in [1.54, 1.807) is 6.92 Å². The average molecular weight is 244 g/mol. The summed E-state index contributed by atoms with van der Waals surface area (Å²) in [6, 6.07) is 0. The van der Waals surface area contributed by atoms with Gasteiger partial charge in [0.2, 0.25) is 0 Å².